The van der Waals surface area contributed by atoms with Crippen molar-refractivity contribution < 1.29 is 0 Å². The van der Waals surface area contributed by atoms with E-state index in [9.17, 15) is 0 Å². The van der Waals surface area contributed by atoms with E-state index in [1.54, 1.807) is 0 Å². The van der Waals surface area contributed by atoms with E-state index in [-0.39, 0.29) is 10.8 Å². The number of anilines is 6. The molecule has 3 heteroatoms. The summed E-state index contributed by atoms with van der Waals surface area (Å²) in [5.41, 5.74) is 15.7. The lowest BCUT2D eigenvalue weighted by atomic mass is 9.87. The van der Waals surface area contributed by atoms with Gasteiger partial charge in [-0.05, 0) is 164 Å². The molecule has 12 aromatic rings. The summed E-state index contributed by atoms with van der Waals surface area (Å²) in [6.45, 7) is 13.6. The first-order valence-corrected chi connectivity index (χ1v) is 23.6. The van der Waals surface area contributed by atoms with Gasteiger partial charge in [-0.1, -0.05) is 145 Å². The van der Waals surface area contributed by atoms with E-state index in [0.29, 0.717) is 0 Å². The molecule has 0 saturated heterocycles. The zero-order valence-corrected chi connectivity index (χ0v) is 39.0. The second kappa shape index (κ2) is 15.4. The van der Waals surface area contributed by atoms with Gasteiger partial charge in [-0.2, -0.15) is 0 Å². The molecule has 324 valence electrons. The van der Waals surface area contributed by atoms with Crippen molar-refractivity contribution in [2.45, 2.75) is 52.4 Å². The molecular formula is C64H53N3. The highest BCUT2D eigenvalue weighted by molar-refractivity contribution is 6.27. The zero-order chi connectivity index (χ0) is 45.6. The Kier molecular flexibility index (Phi) is 9.31. The molecule has 3 nitrogen and oxygen atoms in total. The largest absolute Gasteiger partial charge is 0.310 e. The van der Waals surface area contributed by atoms with Crippen LogP contribution in [-0.2, 0) is 10.8 Å². The van der Waals surface area contributed by atoms with Gasteiger partial charge >= 0.3 is 0 Å². The minimum atomic E-state index is 0.0724. The fourth-order valence-corrected chi connectivity index (χ4v) is 10.3. The Bertz CT molecular complexity index is 3550. The van der Waals surface area contributed by atoms with Gasteiger partial charge in [0.05, 0.1) is 16.6 Å². The molecule has 0 saturated carbocycles. The van der Waals surface area contributed by atoms with Gasteiger partial charge in [-0.25, -0.2) is 0 Å². The standard InChI is InChI=1S/C64H53N3/c1-63(2,3)48-24-30-52(31-25-48)65(50-18-12-8-13-19-50)54-28-22-43-36-56-58-38-47(42-16-10-7-11-17-42)39-59-57-37-44-23-29-55(35-46(44)41-61(57)67(62(58)59)60(56)40-45(43)34-54)66(51-20-14-9-15-21-51)53-32-26-49(27-33-53)64(4,5)6/h7-41H,1-6H3. The quantitative estimate of drug-likeness (QED) is 0.158. The summed E-state index contributed by atoms with van der Waals surface area (Å²) >= 11 is 0. The molecule has 10 aromatic carbocycles. The Balaban J connectivity index is 1.08. The molecule has 12 rings (SSSR count). The average molecular weight is 864 g/mol. The molecule has 67 heavy (non-hydrogen) atoms. The summed E-state index contributed by atoms with van der Waals surface area (Å²) in [5, 5.41) is 9.93. The summed E-state index contributed by atoms with van der Waals surface area (Å²) in [6, 6.07) is 78.9. The first-order valence-electron chi connectivity index (χ1n) is 23.6. The third-order valence-electron chi connectivity index (χ3n) is 13.9. The molecule has 0 bridgehead atoms. The number of aromatic nitrogens is 1. The Labute approximate surface area is 393 Å². The Hall–Kier alpha value is -7.88. The average Bonchev–Trinajstić information content (AvgIpc) is 3.83. The Morgan fingerprint density at radius 2 is 0.672 bits per heavy atom. The monoisotopic (exact) mass is 863 g/mol. The molecule has 0 aliphatic rings. The van der Waals surface area contributed by atoms with Crippen molar-refractivity contribution >= 4 is 93.8 Å². The van der Waals surface area contributed by atoms with E-state index in [4.69, 9.17) is 0 Å². The van der Waals surface area contributed by atoms with Crippen molar-refractivity contribution in [2.75, 3.05) is 9.80 Å². The number of fused-ring (bicyclic) bond motifs is 8. The number of hydrogen-bond donors (Lipinski definition) is 0. The molecule has 0 fully saturated rings. The number of rotatable bonds is 7. The van der Waals surface area contributed by atoms with E-state index in [1.807, 2.05) is 0 Å². The molecule has 0 N–H and O–H groups in total. The number of nitrogens with zero attached hydrogens (tertiary/aromatic N) is 3. The highest BCUT2D eigenvalue weighted by atomic mass is 15.1. The second-order valence-corrected chi connectivity index (χ2v) is 20.4. The molecule has 0 atom stereocenters. The number of benzene rings is 10. The van der Waals surface area contributed by atoms with Crippen molar-refractivity contribution in [3.8, 4) is 11.1 Å². The molecule has 2 aromatic heterocycles. The molecule has 0 spiro atoms. The van der Waals surface area contributed by atoms with Gasteiger partial charge in [0.1, 0.15) is 0 Å². The molecule has 0 radical (unpaired) electrons. The van der Waals surface area contributed by atoms with Crippen molar-refractivity contribution in [1.29, 1.82) is 0 Å². The molecular weight excluding hydrogens is 811 g/mol. The van der Waals surface area contributed by atoms with Crippen molar-refractivity contribution in [3.63, 3.8) is 0 Å². The third-order valence-corrected chi connectivity index (χ3v) is 13.9. The van der Waals surface area contributed by atoms with Gasteiger partial charge in [0.25, 0.3) is 0 Å². The van der Waals surface area contributed by atoms with Crippen LogP contribution in [-0.4, -0.2) is 4.40 Å². The van der Waals surface area contributed by atoms with Crippen LogP contribution in [0.2, 0.25) is 0 Å². The summed E-state index contributed by atoms with van der Waals surface area (Å²) in [7, 11) is 0. The highest BCUT2D eigenvalue weighted by Gasteiger charge is 2.23. The summed E-state index contributed by atoms with van der Waals surface area (Å²) in [4.78, 5) is 4.76. The smallest absolute Gasteiger partial charge is 0.0620 e. The Morgan fingerprint density at radius 1 is 0.299 bits per heavy atom. The SMILES string of the molecule is CC(C)(C)c1ccc(N(c2ccccc2)c2ccc3cc4c5cc(-c6ccccc6)cc6c7cc8ccc(N(c9ccccc9)c9ccc(C(C)(C)C)cc9)cc8cc7n(c4cc3c2)c56)cc1. The lowest BCUT2D eigenvalue weighted by Crippen LogP contribution is -2.13. The van der Waals surface area contributed by atoms with E-state index in [2.05, 4.69) is 268 Å². The van der Waals surface area contributed by atoms with Crippen LogP contribution in [0.25, 0.3) is 70.8 Å². The fraction of sp³-hybridized carbons (Fsp3) is 0.125. The van der Waals surface area contributed by atoms with Gasteiger partial charge < -0.3 is 14.2 Å². The van der Waals surface area contributed by atoms with Crippen LogP contribution >= 0.6 is 0 Å². The zero-order valence-electron chi connectivity index (χ0n) is 39.0. The van der Waals surface area contributed by atoms with E-state index in [0.717, 1.165) is 34.1 Å². The van der Waals surface area contributed by atoms with Crippen molar-refractivity contribution in [3.05, 3.63) is 223 Å². The molecule has 0 aliphatic heterocycles. The highest BCUT2D eigenvalue weighted by Crippen LogP contribution is 2.46. The van der Waals surface area contributed by atoms with E-state index in [1.165, 1.54) is 81.9 Å². The normalized spacial score (nSPS) is 12.3. The molecule has 0 aliphatic carbocycles. The first-order chi connectivity index (χ1) is 32.5. The molecule has 2 heterocycles. The van der Waals surface area contributed by atoms with Gasteiger partial charge in [-0.3, -0.25) is 0 Å². The maximum atomic E-state index is 2.54. The fourth-order valence-electron chi connectivity index (χ4n) is 10.3. The van der Waals surface area contributed by atoms with Crippen LogP contribution in [0.3, 0.4) is 0 Å². The lowest BCUT2D eigenvalue weighted by molar-refractivity contribution is 0.590. The van der Waals surface area contributed by atoms with Crippen LogP contribution in [0, 0.1) is 0 Å². The topological polar surface area (TPSA) is 10.9 Å². The number of para-hydroxylation sites is 2. The number of hydrogen-bond acceptors (Lipinski definition) is 2. The minimum Gasteiger partial charge on any atom is -0.310 e. The van der Waals surface area contributed by atoms with Crippen LogP contribution in [0.1, 0.15) is 52.7 Å². The van der Waals surface area contributed by atoms with Crippen molar-refractivity contribution in [2.24, 2.45) is 0 Å². The van der Waals surface area contributed by atoms with Crippen molar-refractivity contribution in [1.82, 2.24) is 4.40 Å². The van der Waals surface area contributed by atoms with Crippen LogP contribution in [0.15, 0.2) is 212 Å². The molecule has 0 unspecified atom stereocenters. The van der Waals surface area contributed by atoms with Crippen LogP contribution < -0.4 is 9.80 Å². The maximum absolute atomic E-state index is 2.54. The summed E-state index contributed by atoms with van der Waals surface area (Å²) in [6.07, 6.45) is 0. The van der Waals surface area contributed by atoms with E-state index >= 15 is 0 Å². The van der Waals surface area contributed by atoms with Gasteiger partial charge in [0.2, 0.25) is 0 Å². The van der Waals surface area contributed by atoms with Crippen LogP contribution in [0.4, 0.5) is 34.1 Å². The second-order valence-electron chi connectivity index (χ2n) is 20.4. The van der Waals surface area contributed by atoms with Gasteiger partial charge in [0, 0.05) is 55.7 Å². The van der Waals surface area contributed by atoms with Gasteiger partial charge in [-0.15, -0.1) is 0 Å². The van der Waals surface area contributed by atoms with E-state index < -0.39 is 0 Å². The summed E-state index contributed by atoms with van der Waals surface area (Å²) < 4.78 is 2.54. The Morgan fingerprint density at radius 3 is 1.07 bits per heavy atom. The first kappa shape index (κ1) is 40.6. The summed E-state index contributed by atoms with van der Waals surface area (Å²) in [5.74, 6) is 0. The minimum absolute atomic E-state index is 0.0724. The van der Waals surface area contributed by atoms with Gasteiger partial charge in [0.15, 0.2) is 0 Å². The third kappa shape index (κ3) is 6.96. The predicted molar refractivity (Wildman–Crippen MR) is 288 cm³/mol. The predicted octanol–water partition coefficient (Wildman–Crippen LogP) is 18.3. The van der Waals surface area contributed by atoms with Crippen LogP contribution in [0.5, 0.6) is 0 Å². The molecule has 0 amide bonds. The maximum Gasteiger partial charge on any atom is 0.0620 e. The lowest BCUT2D eigenvalue weighted by Gasteiger charge is -2.27.